The number of epoxide rings is 2. The van der Waals surface area contributed by atoms with Gasteiger partial charge >= 0.3 is 12.2 Å². The van der Waals surface area contributed by atoms with Gasteiger partial charge in [0.05, 0.1) is 37.6 Å². The minimum absolute atomic E-state index is 0.379. The van der Waals surface area contributed by atoms with Gasteiger partial charge in [-0.05, 0) is 74.6 Å². The summed E-state index contributed by atoms with van der Waals surface area (Å²) in [6.45, 7) is 0.830. The highest BCUT2D eigenvalue weighted by Gasteiger charge is 2.44. The lowest BCUT2D eigenvalue weighted by molar-refractivity contribution is 0.130. The van der Waals surface area contributed by atoms with Crippen LogP contribution in [0.25, 0.3) is 0 Å². The molecule has 0 bridgehead atoms. The molecule has 4 aliphatic rings. The molecule has 2 aliphatic carbocycles. The van der Waals surface area contributed by atoms with Crippen molar-refractivity contribution in [2.45, 2.75) is 62.9 Å². The molecule has 8 heteroatoms. The zero-order valence-electron chi connectivity index (χ0n) is 16.9. The number of nitrogens with one attached hydrogen (secondary N) is 2. The zero-order valence-corrected chi connectivity index (χ0v) is 16.9. The van der Waals surface area contributed by atoms with Crippen LogP contribution in [0.2, 0.25) is 0 Å². The Kier molecular flexibility index (Phi) is 5.52. The Morgan fingerprint density at radius 1 is 0.733 bits per heavy atom. The van der Waals surface area contributed by atoms with Crippen molar-refractivity contribution in [3.8, 4) is 0 Å². The first-order valence-corrected chi connectivity index (χ1v) is 10.9. The molecule has 1 aromatic carbocycles. The lowest BCUT2D eigenvalue weighted by Crippen LogP contribution is -2.23. The Bertz CT molecular complexity index is 719. The largest absolute Gasteiger partial charge is 0.449 e. The van der Waals surface area contributed by atoms with Gasteiger partial charge in [-0.15, -0.1) is 0 Å². The highest BCUT2D eigenvalue weighted by Crippen LogP contribution is 2.40. The first-order valence-electron chi connectivity index (χ1n) is 10.9. The van der Waals surface area contributed by atoms with Crippen LogP contribution in [-0.4, -0.2) is 49.8 Å². The van der Waals surface area contributed by atoms with Gasteiger partial charge in [-0.1, -0.05) is 0 Å². The topological polar surface area (TPSA) is 102 Å². The van der Waals surface area contributed by atoms with Crippen molar-refractivity contribution in [2.24, 2.45) is 11.8 Å². The Hall–Kier alpha value is -2.32. The Morgan fingerprint density at radius 3 is 1.57 bits per heavy atom. The molecule has 0 aromatic heterocycles. The highest BCUT2D eigenvalue weighted by atomic mass is 16.6. The SMILES string of the molecule is O=C(Nc1ccc(NC(=O)OCC2CCC3OC3C2)cc1)OCC1CCC2OC2C1. The predicted octanol–water partition coefficient (Wildman–Crippen LogP) is 3.92. The van der Waals surface area contributed by atoms with Crippen LogP contribution < -0.4 is 10.6 Å². The molecule has 8 nitrogen and oxygen atoms in total. The molecule has 2 saturated heterocycles. The molecule has 2 N–H and O–H groups in total. The summed E-state index contributed by atoms with van der Waals surface area (Å²) in [5.41, 5.74) is 1.21. The van der Waals surface area contributed by atoms with Crippen LogP contribution in [-0.2, 0) is 18.9 Å². The van der Waals surface area contributed by atoms with Crippen molar-refractivity contribution >= 4 is 23.6 Å². The van der Waals surface area contributed by atoms with E-state index in [1.807, 2.05) is 0 Å². The smallest absolute Gasteiger partial charge is 0.411 e. The second-order valence-corrected chi connectivity index (χ2v) is 8.81. The van der Waals surface area contributed by atoms with Crippen molar-refractivity contribution in [1.29, 1.82) is 0 Å². The average molecular weight is 416 g/mol. The second kappa shape index (κ2) is 8.43. The first kappa shape index (κ1) is 19.6. The van der Waals surface area contributed by atoms with E-state index in [0.29, 0.717) is 60.8 Å². The number of carbonyl (C=O) groups is 2. The number of rotatable bonds is 6. The van der Waals surface area contributed by atoms with Gasteiger partial charge in [0.15, 0.2) is 0 Å². The van der Waals surface area contributed by atoms with Crippen molar-refractivity contribution in [3.05, 3.63) is 24.3 Å². The first-order chi connectivity index (χ1) is 14.6. The zero-order chi connectivity index (χ0) is 20.5. The average Bonchev–Trinajstić information content (AvgIpc) is 3.66. The molecule has 0 spiro atoms. The standard InChI is InChI=1S/C22H28N2O6/c25-21(27-11-13-1-7-17-19(9-13)29-17)23-15-3-5-16(6-4-15)24-22(26)28-12-14-2-8-18-20(10-14)30-18/h3-6,13-14,17-20H,1-2,7-12H2,(H,23,25)(H,24,26). The lowest BCUT2D eigenvalue weighted by Gasteiger charge is -2.19. The van der Waals surface area contributed by atoms with Crippen molar-refractivity contribution in [3.63, 3.8) is 0 Å². The molecule has 30 heavy (non-hydrogen) atoms. The minimum Gasteiger partial charge on any atom is -0.449 e. The third-order valence-corrected chi connectivity index (χ3v) is 6.50. The normalized spacial score (nSPS) is 33.5. The van der Waals surface area contributed by atoms with E-state index in [0.717, 1.165) is 38.5 Å². The predicted molar refractivity (Wildman–Crippen MR) is 108 cm³/mol. The molecule has 2 aliphatic heterocycles. The summed E-state index contributed by atoms with van der Waals surface area (Å²) in [7, 11) is 0. The fraction of sp³-hybridized carbons (Fsp3) is 0.636. The number of amides is 2. The van der Waals surface area contributed by atoms with Crippen LogP contribution in [0.15, 0.2) is 24.3 Å². The summed E-state index contributed by atoms with van der Waals surface area (Å²) in [6.07, 6.45) is 6.88. The molecule has 6 atom stereocenters. The van der Waals surface area contributed by atoms with Gasteiger partial charge < -0.3 is 18.9 Å². The highest BCUT2D eigenvalue weighted by molar-refractivity contribution is 5.87. The Balaban J connectivity index is 1.000. The van der Waals surface area contributed by atoms with Gasteiger partial charge in [0.25, 0.3) is 0 Å². The van der Waals surface area contributed by atoms with E-state index in [4.69, 9.17) is 18.9 Å². The number of fused-ring (bicyclic) bond motifs is 2. The molecule has 6 unspecified atom stereocenters. The molecule has 4 fully saturated rings. The van der Waals surface area contributed by atoms with E-state index in [9.17, 15) is 9.59 Å². The fourth-order valence-corrected chi connectivity index (χ4v) is 4.61. The number of hydrogen-bond acceptors (Lipinski definition) is 6. The van der Waals surface area contributed by atoms with Crippen LogP contribution in [0.3, 0.4) is 0 Å². The molecular formula is C22H28N2O6. The van der Waals surface area contributed by atoms with E-state index in [1.165, 1.54) is 0 Å². The third-order valence-electron chi connectivity index (χ3n) is 6.50. The van der Waals surface area contributed by atoms with Crippen LogP contribution >= 0.6 is 0 Å². The van der Waals surface area contributed by atoms with Crippen molar-refractivity contribution in [1.82, 2.24) is 0 Å². The number of anilines is 2. The molecule has 5 rings (SSSR count). The third kappa shape index (κ3) is 5.05. The summed E-state index contributed by atoms with van der Waals surface area (Å²) in [4.78, 5) is 24.0. The molecule has 0 radical (unpaired) electrons. The lowest BCUT2D eigenvalue weighted by atomic mass is 9.90. The number of hydrogen-bond donors (Lipinski definition) is 2. The second-order valence-electron chi connectivity index (χ2n) is 8.81. The molecular weight excluding hydrogens is 388 g/mol. The van der Waals surface area contributed by atoms with E-state index >= 15 is 0 Å². The van der Waals surface area contributed by atoms with Crippen LogP contribution in [0.1, 0.15) is 38.5 Å². The number of ether oxygens (including phenoxy) is 4. The van der Waals surface area contributed by atoms with Crippen molar-refractivity contribution in [2.75, 3.05) is 23.8 Å². The van der Waals surface area contributed by atoms with Crippen LogP contribution in [0.4, 0.5) is 21.0 Å². The van der Waals surface area contributed by atoms with E-state index in [2.05, 4.69) is 10.6 Å². The van der Waals surface area contributed by atoms with Gasteiger partial charge in [-0.2, -0.15) is 0 Å². The molecule has 1 aromatic rings. The molecule has 162 valence electrons. The minimum atomic E-state index is -0.469. The van der Waals surface area contributed by atoms with Crippen molar-refractivity contribution < 1.29 is 28.5 Å². The quantitative estimate of drug-likeness (QED) is 0.682. The number of carbonyl (C=O) groups excluding carboxylic acids is 2. The summed E-state index contributed by atoms with van der Waals surface area (Å²) in [5, 5.41) is 5.42. The summed E-state index contributed by atoms with van der Waals surface area (Å²) in [5.74, 6) is 0.757. The maximum atomic E-state index is 12.0. The molecule has 2 heterocycles. The summed E-state index contributed by atoms with van der Waals surface area (Å²) in [6, 6.07) is 6.86. The monoisotopic (exact) mass is 416 g/mol. The van der Waals surface area contributed by atoms with Crippen LogP contribution in [0, 0.1) is 11.8 Å². The van der Waals surface area contributed by atoms with Gasteiger partial charge in [0, 0.05) is 11.4 Å². The van der Waals surface area contributed by atoms with Gasteiger partial charge in [-0.25, -0.2) is 9.59 Å². The summed E-state index contributed by atoms with van der Waals surface area (Å²) >= 11 is 0. The maximum Gasteiger partial charge on any atom is 0.411 e. The Labute approximate surface area is 175 Å². The van der Waals surface area contributed by atoms with E-state index in [-0.39, 0.29) is 0 Å². The Morgan fingerprint density at radius 2 is 1.17 bits per heavy atom. The number of benzene rings is 1. The van der Waals surface area contributed by atoms with Gasteiger partial charge in [0.2, 0.25) is 0 Å². The molecule has 2 amide bonds. The van der Waals surface area contributed by atoms with Gasteiger partial charge in [-0.3, -0.25) is 10.6 Å². The fourth-order valence-electron chi connectivity index (χ4n) is 4.61. The van der Waals surface area contributed by atoms with E-state index < -0.39 is 12.2 Å². The van der Waals surface area contributed by atoms with E-state index in [1.54, 1.807) is 24.3 Å². The summed E-state index contributed by atoms with van der Waals surface area (Å²) < 4.78 is 21.7. The van der Waals surface area contributed by atoms with Gasteiger partial charge in [0.1, 0.15) is 0 Å². The molecule has 2 saturated carbocycles. The maximum absolute atomic E-state index is 12.0. The van der Waals surface area contributed by atoms with Crippen LogP contribution in [0.5, 0.6) is 0 Å².